The molecule has 2 nitrogen and oxygen atoms in total. The third-order valence-electron chi connectivity index (χ3n) is 2.31. The first kappa shape index (κ1) is 10.9. The predicted octanol–water partition coefficient (Wildman–Crippen LogP) is 1.39. The first-order chi connectivity index (χ1) is 5.29. The highest BCUT2D eigenvalue weighted by atomic mass is 16.2. The average molecular weight is 159 g/mol. The maximum atomic E-state index is 7.57. The van der Waals surface area contributed by atoms with Gasteiger partial charge in [0.2, 0.25) is 0 Å². The second kappa shape index (κ2) is 6.62. The molecule has 0 aromatic rings. The van der Waals surface area contributed by atoms with E-state index < -0.39 is 0 Å². The summed E-state index contributed by atoms with van der Waals surface area (Å²) < 4.78 is 0. The van der Waals surface area contributed by atoms with E-state index in [-0.39, 0.29) is 6.61 Å². The number of rotatable bonds is 2. The zero-order valence-electron chi connectivity index (χ0n) is 7.93. The molecule has 0 aromatic carbocycles. The van der Waals surface area contributed by atoms with Crippen molar-refractivity contribution in [3.63, 3.8) is 0 Å². The van der Waals surface area contributed by atoms with Gasteiger partial charge in [-0.25, -0.2) is 0 Å². The molecule has 0 aromatic heterocycles. The molecule has 0 bridgehead atoms. The third kappa shape index (κ3) is 3.73. The Morgan fingerprint density at radius 1 is 1.36 bits per heavy atom. The Hall–Kier alpha value is -0.0800. The molecule has 1 rings (SSSR count). The van der Waals surface area contributed by atoms with Crippen molar-refractivity contribution in [1.29, 1.82) is 0 Å². The minimum Gasteiger partial charge on any atom is -0.397 e. The van der Waals surface area contributed by atoms with Gasteiger partial charge in [0.05, 0.1) is 0 Å². The van der Waals surface area contributed by atoms with E-state index in [0.717, 1.165) is 12.0 Å². The van der Waals surface area contributed by atoms with Crippen molar-refractivity contribution in [2.45, 2.75) is 39.2 Å². The van der Waals surface area contributed by atoms with Crippen LogP contribution < -0.4 is 5.32 Å². The summed E-state index contributed by atoms with van der Waals surface area (Å²) in [6.45, 7) is 4.20. The fourth-order valence-electron chi connectivity index (χ4n) is 1.44. The van der Waals surface area contributed by atoms with E-state index in [9.17, 15) is 0 Å². The molecular weight excluding hydrogens is 138 g/mol. The molecule has 0 amide bonds. The van der Waals surface area contributed by atoms with E-state index in [1.54, 1.807) is 6.92 Å². The van der Waals surface area contributed by atoms with Gasteiger partial charge < -0.3 is 10.4 Å². The number of aliphatic hydroxyl groups is 1. The first-order valence-corrected chi connectivity index (χ1v) is 4.58. The van der Waals surface area contributed by atoms with E-state index in [1.165, 1.54) is 19.3 Å². The largest absolute Gasteiger partial charge is 0.397 e. The monoisotopic (exact) mass is 159 g/mol. The normalized spacial score (nSPS) is 28.4. The Bertz CT molecular complexity index is 71.6. The van der Waals surface area contributed by atoms with E-state index in [4.69, 9.17) is 5.11 Å². The molecule has 68 valence electrons. The Balaban J connectivity index is 0.000000292. The fraction of sp³-hybridized carbons (Fsp3) is 1.00. The maximum absolute atomic E-state index is 7.57. The highest BCUT2D eigenvalue weighted by Crippen LogP contribution is 2.29. The number of aliphatic hydroxyl groups excluding tert-OH is 1. The van der Waals surface area contributed by atoms with Crippen molar-refractivity contribution in [1.82, 2.24) is 5.32 Å². The van der Waals surface area contributed by atoms with Crippen LogP contribution >= 0.6 is 0 Å². The molecule has 1 fully saturated rings. The quantitative estimate of drug-likeness (QED) is 0.638. The van der Waals surface area contributed by atoms with Crippen molar-refractivity contribution in [3.05, 3.63) is 0 Å². The van der Waals surface area contributed by atoms with E-state index in [0.29, 0.717) is 0 Å². The van der Waals surface area contributed by atoms with Gasteiger partial charge in [-0.05, 0) is 32.7 Å². The van der Waals surface area contributed by atoms with Crippen LogP contribution in [0.2, 0.25) is 0 Å². The number of hydrogen-bond donors (Lipinski definition) is 2. The second-order valence-corrected chi connectivity index (χ2v) is 2.96. The van der Waals surface area contributed by atoms with Crippen molar-refractivity contribution < 1.29 is 5.11 Å². The Labute approximate surface area is 70.0 Å². The summed E-state index contributed by atoms with van der Waals surface area (Å²) >= 11 is 0. The van der Waals surface area contributed by atoms with Gasteiger partial charge >= 0.3 is 0 Å². The van der Waals surface area contributed by atoms with Crippen LogP contribution in [-0.2, 0) is 0 Å². The van der Waals surface area contributed by atoms with Gasteiger partial charge in [-0.2, -0.15) is 0 Å². The van der Waals surface area contributed by atoms with Gasteiger partial charge in [0, 0.05) is 12.6 Å². The van der Waals surface area contributed by atoms with Gasteiger partial charge in [0.1, 0.15) is 0 Å². The molecule has 0 saturated heterocycles. The summed E-state index contributed by atoms with van der Waals surface area (Å²) in [6.07, 6.45) is 4.20. The van der Waals surface area contributed by atoms with Crippen LogP contribution in [0.1, 0.15) is 33.1 Å². The van der Waals surface area contributed by atoms with Crippen LogP contribution in [0.15, 0.2) is 0 Å². The van der Waals surface area contributed by atoms with Crippen LogP contribution in [0.4, 0.5) is 0 Å². The topological polar surface area (TPSA) is 32.3 Å². The molecule has 2 heteroatoms. The zero-order valence-corrected chi connectivity index (χ0v) is 7.93. The first-order valence-electron chi connectivity index (χ1n) is 4.58. The molecule has 0 radical (unpaired) electrons. The predicted molar refractivity (Wildman–Crippen MR) is 48.6 cm³/mol. The van der Waals surface area contributed by atoms with Crippen molar-refractivity contribution in [2.75, 3.05) is 13.7 Å². The molecule has 2 unspecified atom stereocenters. The molecule has 0 aliphatic heterocycles. The molecule has 2 N–H and O–H groups in total. The van der Waals surface area contributed by atoms with Crippen molar-refractivity contribution in [2.24, 2.45) is 5.92 Å². The average Bonchev–Trinajstić information content (AvgIpc) is 1.89. The molecule has 2 atom stereocenters. The Morgan fingerprint density at radius 3 is 2.00 bits per heavy atom. The zero-order chi connectivity index (χ0) is 8.69. The van der Waals surface area contributed by atoms with Gasteiger partial charge in [-0.3, -0.25) is 0 Å². The lowest BCUT2D eigenvalue weighted by Gasteiger charge is -2.35. The van der Waals surface area contributed by atoms with Crippen molar-refractivity contribution >= 4 is 0 Å². The lowest BCUT2D eigenvalue weighted by Crippen LogP contribution is -2.41. The standard InChI is InChI=1S/C7H15N.C2H6O/c1-3-6-4-5-7(6)8-2;1-2-3/h6-8H,3-5H2,1-2H3;3H,2H2,1H3. The lowest BCUT2D eigenvalue weighted by atomic mass is 9.78. The molecule has 1 aliphatic carbocycles. The minimum atomic E-state index is 0.250. The molecule has 0 spiro atoms. The van der Waals surface area contributed by atoms with Gasteiger partial charge in [0.15, 0.2) is 0 Å². The van der Waals surface area contributed by atoms with Crippen LogP contribution in [0.3, 0.4) is 0 Å². The summed E-state index contributed by atoms with van der Waals surface area (Å²) in [6, 6.07) is 0.847. The van der Waals surface area contributed by atoms with E-state index in [1.807, 2.05) is 0 Å². The van der Waals surface area contributed by atoms with Crippen LogP contribution in [-0.4, -0.2) is 24.8 Å². The minimum absolute atomic E-state index is 0.250. The maximum Gasteiger partial charge on any atom is 0.0402 e. The third-order valence-corrected chi connectivity index (χ3v) is 2.31. The summed E-state index contributed by atoms with van der Waals surface area (Å²) in [7, 11) is 2.06. The van der Waals surface area contributed by atoms with E-state index in [2.05, 4.69) is 19.3 Å². The fourth-order valence-corrected chi connectivity index (χ4v) is 1.44. The summed E-state index contributed by atoms with van der Waals surface area (Å²) in [4.78, 5) is 0. The summed E-state index contributed by atoms with van der Waals surface area (Å²) in [5.41, 5.74) is 0. The molecule has 11 heavy (non-hydrogen) atoms. The molecule has 0 heterocycles. The SMILES string of the molecule is CCC1CCC1NC.CCO. The molecule has 1 aliphatic rings. The molecular formula is C9H21NO. The smallest absolute Gasteiger partial charge is 0.0402 e. The lowest BCUT2D eigenvalue weighted by molar-refractivity contribution is 0.215. The molecule has 1 saturated carbocycles. The van der Waals surface area contributed by atoms with Gasteiger partial charge in [0.25, 0.3) is 0 Å². The van der Waals surface area contributed by atoms with Gasteiger partial charge in [-0.1, -0.05) is 13.3 Å². The summed E-state index contributed by atoms with van der Waals surface area (Å²) in [5, 5.41) is 10.9. The Kier molecular flexibility index (Phi) is 6.57. The highest BCUT2D eigenvalue weighted by Gasteiger charge is 2.26. The van der Waals surface area contributed by atoms with Crippen molar-refractivity contribution in [3.8, 4) is 0 Å². The second-order valence-electron chi connectivity index (χ2n) is 2.96. The number of nitrogens with one attached hydrogen (secondary N) is 1. The van der Waals surface area contributed by atoms with Gasteiger partial charge in [-0.15, -0.1) is 0 Å². The Morgan fingerprint density at radius 2 is 1.91 bits per heavy atom. The van der Waals surface area contributed by atoms with Crippen LogP contribution in [0.25, 0.3) is 0 Å². The van der Waals surface area contributed by atoms with Crippen LogP contribution in [0, 0.1) is 5.92 Å². The van der Waals surface area contributed by atoms with E-state index >= 15 is 0 Å². The summed E-state index contributed by atoms with van der Waals surface area (Å²) in [5.74, 6) is 0.986. The van der Waals surface area contributed by atoms with Crippen LogP contribution in [0.5, 0.6) is 0 Å². The number of hydrogen-bond acceptors (Lipinski definition) is 2. The highest BCUT2D eigenvalue weighted by molar-refractivity contribution is 4.84.